The summed E-state index contributed by atoms with van der Waals surface area (Å²) < 4.78 is 0. The van der Waals surface area contributed by atoms with E-state index in [2.05, 4.69) is 23.0 Å². The van der Waals surface area contributed by atoms with Crippen molar-refractivity contribution in [1.82, 2.24) is 9.97 Å². The number of hydrogen-bond acceptors (Lipinski definition) is 1. The van der Waals surface area contributed by atoms with Gasteiger partial charge in [0.1, 0.15) is 0 Å². The minimum absolute atomic E-state index is 0.831. The zero-order valence-electron chi connectivity index (χ0n) is 10.9. The lowest BCUT2D eigenvalue weighted by Gasteiger charge is -2.22. The van der Waals surface area contributed by atoms with Gasteiger partial charge in [-0.3, -0.25) is 0 Å². The molecule has 0 radical (unpaired) electrons. The van der Waals surface area contributed by atoms with Gasteiger partial charge in [-0.2, -0.15) is 0 Å². The van der Waals surface area contributed by atoms with E-state index in [1.165, 1.54) is 57.1 Å². The largest absolute Gasteiger partial charge is 0.348 e. The van der Waals surface area contributed by atoms with Crippen molar-refractivity contribution in [2.45, 2.75) is 58.3 Å². The third-order valence-corrected chi connectivity index (χ3v) is 3.72. The average molecular weight is 232 g/mol. The predicted molar refractivity (Wildman–Crippen MR) is 71.9 cm³/mol. The fraction of sp³-hybridized carbons (Fsp3) is 0.667. The fourth-order valence-electron chi connectivity index (χ4n) is 2.77. The lowest BCUT2D eigenvalue weighted by atomic mass is 9.84. The summed E-state index contributed by atoms with van der Waals surface area (Å²) in [6, 6.07) is 0. The number of imidazole rings is 1. The Morgan fingerprint density at radius 3 is 3.12 bits per heavy atom. The Kier molecular flexibility index (Phi) is 4.84. The molecule has 1 atom stereocenters. The molecule has 0 saturated heterocycles. The van der Waals surface area contributed by atoms with Crippen LogP contribution in [0.1, 0.15) is 57.6 Å². The van der Waals surface area contributed by atoms with E-state index >= 15 is 0 Å². The highest BCUT2D eigenvalue weighted by atomic mass is 14.9. The van der Waals surface area contributed by atoms with Crippen molar-refractivity contribution in [3.63, 3.8) is 0 Å². The molecule has 0 fully saturated rings. The smallest absolute Gasteiger partial charge is 0.0921 e. The van der Waals surface area contributed by atoms with Crippen LogP contribution in [-0.4, -0.2) is 9.97 Å². The van der Waals surface area contributed by atoms with E-state index in [4.69, 9.17) is 0 Å². The van der Waals surface area contributed by atoms with Crippen LogP contribution >= 0.6 is 0 Å². The molecule has 0 bridgehead atoms. The molecule has 0 saturated carbocycles. The summed E-state index contributed by atoms with van der Waals surface area (Å²) in [4.78, 5) is 7.32. The molecule has 1 aliphatic carbocycles. The maximum absolute atomic E-state index is 4.10. The third-order valence-electron chi connectivity index (χ3n) is 3.72. The number of nitrogens with one attached hydrogen (secondary N) is 1. The number of aromatic nitrogens is 2. The second-order valence-electron chi connectivity index (χ2n) is 5.25. The highest BCUT2D eigenvalue weighted by Gasteiger charge is 2.16. The van der Waals surface area contributed by atoms with Crippen LogP contribution in [0.3, 0.4) is 0 Å². The number of nitrogens with zero attached hydrogens (tertiary/aromatic N) is 1. The maximum Gasteiger partial charge on any atom is 0.0921 e. The maximum atomic E-state index is 4.10. The summed E-state index contributed by atoms with van der Waals surface area (Å²) in [5.41, 5.74) is 3.00. The Morgan fingerprint density at radius 2 is 2.35 bits per heavy atom. The standard InChI is InChI=1S/C15H24N2/c1-2-3-4-6-13-7-5-8-14(9-13)10-15-11-16-12-17-15/h7,11-12,14H,2-6,8-10H2,1H3,(H,16,17). The van der Waals surface area contributed by atoms with Crippen LogP contribution in [0.4, 0.5) is 0 Å². The van der Waals surface area contributed by atoms with Crippen LogP contribution in [0.15, 0.2) is 24.2 Å². The van der Waals surface area contributed by atoms with E-state index in [9.17, 15) is 0 Å². The molecule has 1 heterocycles. The van der Waals surface area contributed by atoms with Gasteiger partial charge in [0.05, 0.1) is 6.33 Å². The van der Waals surface area contributed by atoms with Gasteiger partial charge in [0.25, 0.3) is 0 Å². The minimum atomic E-state index is 0.831. The van der Waals surface area contributed by atoms with Crippen molar-refractivity contribution >= 4 is 0 Å². The van der Waals surface area contributed by atoms with Crippen molar-refractivity contribution in [2.24, 2.45) is 5.92 Å². The molecule has 94 valence electrons. The van der Waals surface area contributed by atoms with Crippen molar-refractivity contribution in [1.29, 1.82) is 0 Å². The molecule has 2 heteroatoms. The molecule has 1 unspecified atom stereocenters. The van der Waals surface area contributed by atoms with Crippen LogP contribution in [-0.2, 0) is 6.42 Å². The first-order chi connectivity index (χ1) is 8.38. The van der Waals surface area contributed by atoms with Crippen molar-refractivity contribution in [3.05, 3.63) is 29.9 Å². The van der Waals surface area contributed by atoms with E-state index < -0.39 is 0 Å². The number of unbranched alkanes of at least 4 members (excludes halogenated alkanes) is 2. The highest BCUT2D eigenvalue weighted by Crippen LogP contribution is 2.29. The average Bonchev–Trinajstić information content (AvgIpc) is 2.83. The SMILES string of the molecule is CCCCCC1=CCCC(Cc2cnc[nH]2)C1. The zero-order chi connectivity index (χ0) is 11.9. The van der Waals surface area contributed by atoms with Gasteiger partial charge >= 0.3 is 0 Å². The second-order valence-corrected chi connectivity index (χ2v) is 5.25. The first-order valence-electron chi connectivity index (χ1n) is 7.03. The van der Waals surface area contributed by atoms with Gasteiger partial charge in [0, 0.05) is 11.9 Å². The fourth-order valence-corrected chi connectivity index (χ4v) is 2.77. The van der Waals surface area contributed by atoms with Gasteiger partial charge in [0.15, 0.2) is 0 Å². The molecule has 2 nitrogen and oxygen atoms in total. The molecular weight excluding hydrogens is 208 g/mol. The summed E-state index contributed by atoms with van der Waals surface area (Å²) in [5, 5.41) is 0. The van der Waals surface area contributed by atoms with E-state index in [0.29, 0.717) is 0 Å². The van der Waals surface area contributed by atoms with E-state index in [-0.39, 0.29) is 0 Å². The van der Waals surface area contributed by atoms with E-state index in [1.807, 2.05) is 6.20 Å². The zero-order valence-corrected chi connectivity index (χ0v) is 10.9. The van der Waals surface area contributed by atoms with Gasteiger partial charge < -0.3 is 4.98 Å². The summed E-state index contributed by atoms with van der Waals surface area (Å²) in [7, 11) is 0. The van der Waals surface area contributed by atoms with Crippen LogP contribution in [0.2, 0.25) is 0 Å². The predicted octanol–water partition coefficient (Wildman–Crippen LogP) is 4.26. The lowest BCUT2D eigenvalue weighted by Crippen LogP contribution is -2.10. The number of hydrogen-bond donors (Lipinski definition) is 1. The summed E-state index contributed by atoms with van der Waals surface area (Å²) in [6.07, 6.45) is 16.7. The van der Waals surface area contributed by atoms with Gasteiger partial charge in [0.2, 0.25) is 0 Å². The Labute approximate surface area is 105 Å². The highest BCUT2D eigenvalue weighted by molar-refractivity contribution is 5.09. The molecule has 0 spiro atoms. The number of rotatable bonds is 6. The first-order valence-corrected chi connectivity index (χ1v) is 7.03. The Morgan fingerprint density at radius 1 is 1.41 bits per heavy atom. The van der Waals surface area contributed by atoms with E-state index in [0.717, 1.165) is 5.92 Å². The summed E-state index contributed by atoms with van der Waals surface area (Å²) in [6.45, 7) is 2.27. The Bertz CT molecular complexity index is 338. The molecule has 0 aromatic carbocycles. The number of H-pyrrole nitrogens is 1. The molecule has 0 aliphatic heterocycles. The molecule has 1 aromatic heterocycles. The van der Waals surface area contributed by atoms with Crippen molar-refractivity contribution in [2.75, 3.05) is 0 Å². The van der Waals surface area contributed by atoms with Gasteiger partial charge in [-0.1, -0.05) is 31.4 Å². The quantitative estimate of drug-likeness (QED) is 0.576. The van der Waals surface area contributed by atoms with Crippen LogP contribution in [0, 0.1) is 5.92 Å². The topological polar surface area (TPSA) is 28.7 Å². The monoisotopic (exact) mass is 232 g/mol. The molecule has 17 heavy (non-hydrogen) atoms. The summed E-state index contributed by atoms with van der Waals surface area (Å²) in [5.74, 6) is 0.831. The van der Waals surface area contributed by atoms with E-state index in [1.54, 1.807) is 11.9 Å². The normalized spacial score (nSPS) is 20.3. The lowest BCUT2D eigenvalue weighted by molar-refractivity contribution is 0.448. The van der Waals surface area contributed by atoms with Gasteiger partial charge in [-0.05, 0) is 44.4 Å². The van der Waals surface area contributed by atoms with Crippen molar-refractivity contribution in [3.8, 4) is 0 Å². The second kappa shape index (κ2) is 6.63. The summed E-state index contributed by atoms with van der Waals surface area (Å²) >= 11 is 0. The minimum Gasteiger partial charge on any atom is -0.348 e. The molecule has 0 amide bonds. The van der Waals surface area contributed by atoms with Crippen LogP contribution in [0.5, 0.6) is 0 Å². The molecule has 1 N–H and O–H groups in total. The van der Waals surface area contributed by atoms with Crippen LogP contribution in [0.25, 0.3) is 0 Å². The first kappa shape index (κ1) is 12.4. The van der Waals surface area contributed by atoms with Gasteiger partial charge in [-0.25, -0.2) is 4.98 Å². The van der Waals surface area contributed by atoms with Crippen LogP contribution < -0.4 is 0 Å². The third kappa shape index (κ3) is 4.03. The molecule has 1 aliphatic rings. The van der Waals surface area contributed by atoms with Crippen molar-refractivity contribution < 1.29 is 0 Å². The van der Waals surface area contributed by atoms with Gasteiger partial charge in [-0.15, -0.1) is 0 Å². The molecule has 1 aromatic rings. The Hall–Kier alpha value is -1.05. The Balaban J connectivity index is 1.77. The number of aromatic amines is 1. The molecular formula is C15H24N2. The molecule has 2 rings (SSSR count). The number of allylic oxidation sites excluding steroid dienone is 2.